The first-order valence-electron chi connectivity index (χ1n) is 4.27. The third kappa shape index (κ3) is 4.77. The molecule has 0 fully saturated rings. The maximum Gasteiger partial charge on any atom is 0.0256 e. The molecule has 0 aromatic heterocycles. The highest BCUT2D eigenvalue weighted by atomic mass is 14.7. The molecule has 0 rings (SSSR count). The third-order valence-electron chi connectivity index (χ3n) is 1.88. The molecule has 11 heavy (non-hydrogen) atoms. The lowest BCUT2D eigenvalue weighted by Crippen LogP contribution is -2.00. The quantitative estimate of drug-likeness (QED) is 0.551. The van der Waals surface area contributed by atoms with Crippen LogP contribution < -0.4 is 0 Å². The van der Waals surface area contributed by atoms with Gasteiger partial charge in [-0.15, -0.1) is 0 Å². The molecule has 0 aromatic carbocycles. The molecule has 0 unspecified atom stereocenters. The van der Waals surface area contributed by atoms with E-state index in [1.165, 1.54) is 11.3 Å². The molecule has 1 heteroatoms. The maximum absolute atomic E-state index is 4.35. The van der Waals surface area contributed by atoms with Gasteiger partial charge in [-0.1, -0.05) is 26.3 Å². The van der Waals surface area contributed by atoms with Crippen LogP contribution in [0, 0.1) is 5.92 Å². The number of hydrogen-bond acceptors (Lipinski definition) is 1. The fourth-order valence-electron chi connectivity index (χ4n) is 0.452. The molecule has 0 aliphatic heterocycles. The van der Waals surface area contributed by atoms with E-state index in [2.05, 4.69) is 39.6 Å². The van der Waals surface area contributed by atoms with Crippen LogP contribution in [0.5, 0.6) is 0 Å². The summed E-state index contributed by atoms with van der Waals surface area (Å²) in [5.74, 6) is 0.566. The molecular formula is C10H19N. The van der Waals surface area contributed by atoms with Gasteiger partial charge in [0.2, 0.25) is 0 Å². The SMILES string of the molecule is CC/C(C)=C\N=C(/C)C(C)C. The van der Waals surface area contributed by atoms with Crippen molar-refractivity contribution in [2.45, 2.75) is 41.0 Å². The average Bonchev–Trinajstić information content (AvgIpc) is 1.99. The van der Waals surface area contributed by atoms with Gasteiger partial charge in [-0.2, -0.15) is 0 Å². The van der Waals surface area contributed by atoms with Gasteiger partial charge in [0.05, 0.1) is 0 Å². The number of allylic oxidation sites excluding steroid dienone is 1. The molecule has 0 N–H and O–H groups in total. The first kappa shape index (κ1) is 10.4. The zero-order valence-electron chi connectivity index (χ0n) is 8.31. The van der Waals surface area contributed by atoms with Crippen molar-refractivity contribution in [2.75, 3.05) is 0 Å². The normalized spacial score (nSPS) is 14.4. The summed E-state index contributed by atoms with van der Waals surface area (Å²) in [4.78, 5) is 4.35. The molecule has 0 heterocycles. The van der Waals surface area contributed by atoms with Crippen molar-refractivity contribution < 1.29 is 0 Å². The molecule has 64 valence electrons. The van der Waals surface area contributed by atoms with Crippen molar-refractivity contribution in [1.82, 2.24) is 0 Å². The minimum Gasteiger partial charge on any atom is -0.266 e. The fraction of sp³-hybridized carbons (Fsp3) is 0.700. The number of rotatable bonds is 3. The van der Waals surface area contributed by atoms with E-state index >= 15 is 0 Å². The van der Waals surface area contributed by atoms with Crippen molar-refractivity contribution in [3.8, 4) is 0 Å². The van der Waals surface area contributed by atoms with E-state index in [0.29, 0.717) is 5.92 Å². The Morgan fingerprint density at radius 3 is 2.27 bits per heavy atom. The molecule has 1 nitrogen and oxygen atoms in total. The number of aliphatic imine (C=N–C) groups is 1. The van der Waals surface area contributed by atoms with Gasteiger partial charge in [0, 0.05) is 11.9 Å². The standard InChI is InChI=1S/C10H19N/c1-6-9(4)7-11-10(5)8(2)3/h7-8H,6H2,1-5H3/b9-7-,11-10+. The summed E-state index contributed by atoms with van der Waals surface area (Å²) >= 11 is 0. The van der Waals surface area contributed by atoms with E-state index in [4.69, 9.17) is 0 Å². The van der Waals surface area contributed by atoms with Crippen molar-refractivity contribution >= 4 is 5.71 Å². The predicted octanol–water partition coefficient (Wildman–Crippen LogP) is 3.42. The molecule has 0 spiro atoms. The highest BCUT2D eigenvalue weighted by Gasteiger charge is 1.94. The molecule has 0 saturated carbocycles. The molecule has 0 bridgehead atoms. The highest BCUT2D eigenvalue weighted by molar-refractivity contribution is 5.84. The van der Waals surface area contributed by atoms with Crippen molar-refractivity contribution in [1.29, 1.82) is 0 Å². The summed E-state index contributed by atoms with van der Waals surface area (Å²) < 4.78 is 0. The lowest BCUT2D eigenvalue weighted by molar-refractivity contribution is 0.877. The van der Waals surface area contributed by atoms with Gasteiger partial charge < -0.3 is 0 Å². The number of hydrogen-bond donors (Lipinski definition) is 0. The summed E-state index contributed by atoms with van der Waals surface area (Å²) in [6.45, 7) is 10.6. The van der Waals surface area contributed by atoms with Gasteiger partial charge >= 0.3 is 0 Å². The van der Waals surface area contributed by atoms with Crippen LogP contribution in [-0.4, -0.2) is 5.71 Å². The predicted molar refractivity (Wildman–Crippen MR) is 52.0 cm³/mol. The molecule has 0 aromatic rings. The summed E-state index contributed by atoms with van der Waals surface area (Å²) in [5, 5.41) is 0. The Bertz CT molecular complexity index is 164. The smallest absolute Gasteiger partial charge is 0.0256 e. The Kier molecular flexibility index (Phi) is 4.84. The summed E-state index contributed by atoms with van der Waals surface area (Å²) in [6.07, 6.45) is 3.06. The van der Waals surface area contributed by atoms with E-state index in [0.717, 1.165) is 6.42 Å². The summed E-state index contributed by atoms with van der Waals surface area (Å²) in [7, 11) is 0. The Morgan fingerprint density at radius 1 is 1.36 bits per heavy atom. The molecule has 0 saturated heterocycles. The van der Waals surface area contributed by atoms with E-state index in [1.54, 1.807) is 0 Å². The van der Waals surface area contributed by atoms with Crippen LogP contribution in [0.4, 0.5) is 0 Å². The minimum absolute atomic E-state index is 0.566. The Balaban J connectivity index is 4.11. The van der Waals surface area contributed by atoms with Crippen molar-refractivity contribution in [3.63, 3.8) is 0 Å². The van der Waals surface area contributed by atoms with Crippen LogP contribution in [0.3, 0.4) is 0 Å². The lowest BCUT2D eigenvalue weighted by Gasteiger charge is -2.01. The summed E-state index contributed by atoms with van der Waals surface area (Å²) in [6, 6.07) is 0. The van der Waals surface area contributed by atoms with Crippen LogP contribution in [-0.2, 0) is 0 Å². The van der Waals surface area contributed by atoms with Crippen LogP contribution in [0.2, 0.25) is 0 Å². The molecule has 0 aliphatic carbocycles. The highest BCUT2D eigenvalue weighted by Crippen LogP contribution is 2.01. The second-order valence-corrected chi connectivity index (χ2v) is 3.25. The van der Waals surface area contributed by atoms with E-state index in [9.17, 15) is 0 Å². The Morgan fingerprint density at radius 2 is 1.91 bits per heavy atom. The van der Waals surface area contributed by atoms with Gasteiger partial charge in [-0.05, 0) is 26.2 Å². The monoisotopic (exact) mass is 153 g/mol. The lowest BCUT2D eigenvalue weighted by atomic mass is 10.1. The van der Waals surface area contributed by atoms with E-state index in [-0.39, 0.29) is 0 Å². The van der Waals surface area contributed by atoms with Crippen molar-refractivity contribution in [3.05, 3.63) is 11.8 Å². The average molecular weight is 153 g/mol. The van der Waals surface area contributed by atoms with Crippen LogP contribution >= 0.6 is 0 Å². The van der Waals surface area contributed by atoms with Crippen LogP contribution in [0.15, 0.2) is 16.8 Å². The van der Waals surface area contributed by atoms with Gasteiger partial charge in [0.15, 0.2) is 0 Å². The maximum atomic E-state index is 4.35. The zero-order valence-corrected chi connectivity index (χ0v) is 8.31. The van der Waals surface area contributed by atoms with Gasteiger partial charge in [-0.3, -0.25) is 4.99 Å². The topological polar surface area (TPSA) is 12.4 Å². The minimum atomic E-state index is 0.566. The van der Waals surface area contributed by atoms with E-state index < -0.39 is 0 Å². The molecule has 0 amide bonds. The fourth-order valence-corrected chi connectivity index (χ4v) is 0.452. The van der Waals surface area contributed by atoms with Gasteiger partial charge in [0.25, 0.3) is 0 Å². The Labute approximate surface area is 70.2 Å². The molecule has 0 atom stereocenters. The first-order valence-corrected chi connectivity index (χ1v) is 4.27. The molecule has 0 radical (unpaired) electrons. The second kappa shape index (κ2) is 5.11. The van der Waals surface area contributed by atoms with Gasteiger partial charge in [0.1, 0.15) is 0 Å². The molecule has 0 aliphatic rings. The largest absolute Gasteiger partial charge is 0.266 e. The second-order valence-electron chi connectivity index (χ2n) is 3.25. The van der Waals surface area contributed by atoms with Crippen LogP contribution in [0.25, 0.3) is 0 Å². The number of nitrogens with zero attached hydrogens (tertiary/aromatic N) is 1. The van der Waals surface area contributed by atoms with Crippen LogP contribution in [0.1, 0.15) is 41.0 Å². The van der Waals surface area contributed by atoms with Gasteiger partial charge in [-0.25, -0.2) is 0 Å². The Hall–Kier alpha value is -0.590. The van der Waals surface area contributed by atoms with Crippen molar-refractivity contribution in [2.24, 2.45) is 10.9 Å². The summed E-state index contributed by atoms with van der Waals surface area (Å²) in [5.41, 5.74) is 2.54. The zero-order chi connectivity index (χ0) is 8.85. The first-order chi connectivity index (χ1) is 5.07. The molecular weight excluding hydrogens is 134 g/mol. The third-order valence-corrected chi connectivity index (χ3v) is 1.88. The van der Waals surface area contributed by atoms with E-state index in [1.807, 2.05) is 6.20 Å².